The quantitative estimate of drug-likeness (QED) is 0.496. The van der Waals surface area contributed by atoms with Crippen molar-refractivity contribution in [1.29, 1.82) is 0 Å². The largest absolute Gasteiger partial charge is 0.354 e. The van der Waals surface area contributed by atoms with Crippen LogP contribution < -0.4 is 10.6 Å². The lowest BCUT2D eigenvalue weighted by molar-refractivity contribution is -0.128. The van der Waals surface area contributed by atoms with E-state index >= 15 is 0 Å². The Kier molecular flexibility index (Phi) is 6.57. The summed E-state index contributed by atoms with van der Waals surface area (Å²) in [6, 6.07) is 0. The summed E-state index contributed by atoms with van der Waals surface area (Å²) in [6.07, 6.45) is 7.20. The predicted octanol–water partition coefficient (Wildman–Crippen LogP) is 0.126. The highest BCUT2D eigenvalue weighted by Crippen LogP contribution is 2.46. The second-order valence-corrected chi connectivity index (χ2v) is 8.67. The summed E-state index contributed by atoms with van der Waals surface area (Å²) < 4.78 is 0. The minimum atomic E-state index is -0.284. The van der Waals surface area contributed by atoms with Gasteiger partial charge in [0, 0.05) is 52.1 Å². The van der Waals surface area contributed by atoms with E-state index in [0.717, 1.165) is 58.0 Å². The van der Waals surface area contributed by atoms with E-state index in [1.54, 1.807) is 11.9 Å². The van der Waals surface area contributed by atoms with E-state index in [9.17, 15) is 19.2 Å². The number of hydrogen-bond donors (Lipinski definition) is 2. The van der Waals surface area contributed by atoms with Crippen LogP contribution in [0, 0.1) is 17.3 Å². The Morgan fingerprint density at radius 2 is 1.61 bits per heavy atom. The van der Waals surface area contributed by atoms with Crippen molar-refractivity contribution in [1.82, 2.24) is 20.4 Å². The Bertz CT molecular complexity index is 605. The van der Waals surface area contributed by atoms with E-state index in [0.29, 0.717) is 25.0 Å². The van der Waals surface area contributed by atoms with Gasteiger partial charge in [-0.1, -0.05) is 0 Å². The number of hydrogen-bond acceptors (Lipinski definition) is 4. The molecule has 8 heteroatoms. The first kappa shape index (κ1) is 20.6. The van der Waals surface area contributed by atoms with Gasteiger partial charge in [-0.15, -0.1) is 0 Å². The highest BCUT2D eigenvalue weighted by Gasteiger charge is 2.39. The summed E-state index contributed by atoms with van der Waals surface area (Å²) in [5.74, 6) is -0.279. The maximum absolute atomic E-state index is 12.4. The van der Waals surface area contributed by atoms with Gasteiger partial charge in [0.05, 0.1) is 5.92 Å². The van der Waals surface area contributed by atoms with Gasteiger partial charge < -0.3 is 20.4 Å². The summed E-state index contributed by atoms with van der Waals surface area (Å²) in [7, 11) is 1.70. The van der Waals surface area contributed by atoms with Gasteiger partial charge in [0.1, 0.15) is 0 Å². The lowest BCUT2D eigenvalue weighted by atomic mass is 9.65. The molecule has 2 saturated heterocycles. The van der Waals surface area contributed by atoms with Gasteiger partial charge in [-0.2, -0.15) is 0 Å². The normalized spacial score (nSPS) is 25.0. The summed E-state index contributed by atoms with van der Waals surface area (Å²) in [4.78, 5) is 50.3. The first-order valence-electron chi connectivity index (χ1n) is 10.4. The Morgan fingerprint density at radius 1 is 1.04 bits per heavy atom. The highest BCUT2D eigenvalue weighted by atomic mass is 16.2. The molecular formula is C20H32N4O4. The first-order valence-corrected chi connectivity index (χ1v) is 10.4. The van der Waals surface area contributed by atoms with Gasteiger partial charge in [0.2, 0.25) is 24.1 Å². The molecule has 8 nitrogen and oxygen atoms in total. The van der Waals surface area contributed by atoms with Crippen molar-refractivity contribution in [2.45, 2.75) is 44.9 Å². The van der Waals surface area contributed by atoms with Crippen LogP contribution in [0.3, 0.4) is 0 Å². The fraction of sp³-hybridized carbons (Fsp3) is 0.800. The number of likely N-dealkylation sites (tertiary alicyclic amines) is 2. The molecule has 4 amide bonds. The third kappa shape index (κ3) is 4.83. The lowest BCUT2D eigenvalue weighted by Crippen LogP contribution is -2.44. The first-order chi connectivity index (χ1) is 13.4. The number of nitrogens with zero attached hydrogens (tertiary/aromatic N) is 2. The molecule has 0 aromatic rings. The van der Waals surface area contributed by atoms with Gasteiger partial charge >= 0.3 is 0 Å². The Labute approximate surface area is 166 Å². The molecule has 2 N–H and O–H groups in total. The van der Waals surface area contributed by atoms with E-state index in [4.69, 9.17) is 0 Å². The summed E-state index contributed by atoms with van der Waals surface area (Å²) >= 11 is 0. The number of carbonyl (C=O) groups excluding carboxylic acids is 4. The van der Waals surface area contributed by atoms with Crippen LogP contribution in [0.5, 0.6) is 0 Å². The molecule has 2 aliphatic heterocycles. The highest BCUT2D eigenvalue weighted by molar-refractivity contribution is 5.89. The van der Waals surface area contributed by atoms with Crippen molar-refractivity contribution in [3.8, 4) is 0 Å². The van der Waals surface area contributed by atoms with Crippen LogP contribution in [-0.2, 0) is 19.2 Å². The Hall–Kier alpha value is -2.12. The van der Waals surface area contributed by atoms with Crippen LogP contribution in [0.1, 0.15) is 44.9 Å². The van der Waals surface area contributed by atoms with Crippen molar-refractivity contribution >= 4 is 24.1 Å². The van der Waals surface area contributed by atoms with Crippen molar-refractivity contribution in [3.63, 3.8) is 0 Å². The molecule has 0 radical (unpaired) electrons. The molecule has 1 saturated carbocycles. The van der Waals surface area contributed by atoms with Gasteiger partial charge in [0.15, 0.2) is 0 Å². The second kappa shape index (κ2) is 8.92. The van der Waals surface area contributed by atoms with Crippen LogP contribution in [-0.4, -0.2) is 73.7 Å². The third-order valence-corrected chi connectivity index (χ3v) is 6.86. The average molecular weight is 393 g/mol. The summed E-state index contributed by atoms with van der Waals surface area (Å²) in [5, 5.41) is 5.75. The molecule has 1 unspecified atom stereocenters. The van der Waals surface area contributed by atoms with Crippen molar-refractivity contribution in [2.75, 3.05) is 39.8 Å². The van der Waals surface area contributed by atoms with Crippen LogP contribution in [0.25, 0.3) is 0 Å². The van der Waals surface area contributed by atoms with Crippen LogP contribution >= 0.6 is 0 Å². The van der Waals surface area contributed by atoms with E-state index in [1.165, 1.54) is 0 Å². The average Bonchev–Trinajstić information content (AvgIpc) is 3.05. The molecule has 3 aliphatic rings. The van der Waals surface area contributed by atoms with Crippen LogP contribution in [0.15, 0.2) is 0 Å². The molecule has 3 rings (SSSR count). The SMILES string of the molecule is CN1CC(C(=O)NCCNC(=O)C2CCC3(CC2)CCN(C=O)CC3)CC1=O. The van der Waals surface area contributed by atoms with Gasteiger partial charge in [-0.3, -0.25) is 19.2 Å². The molecule has 156 valence electrons. The smallest absolute Gasteiger partial charge is 0.225 e. The molecule has 0 aromatic heterocycles. The number of rotatable bonds is 6. The molecule has 28 heavy (non-hydrogen) atoms. The zero-order valence-electron chi connectivity index (χ0n) is 16.7. The molecule has 0 bridgehead atoms. The maximum atomic E-state index is 12.4. The molecule has 2 heterocycles. The second-order valence-electron chi connectivity index (χ2n) is 8.67. The van der Waals surface area contributed by atoms with E-state index < -0.39 is 0 Å². The van der Waals surface area contributed by atoms with Crippen LogP contribution in [0.2, 0.25) is 0 Å². The number of nitrogens with one attached hydrogen (secondary N) is 2. The predicted molar refractivity (Wildman–Crippen MR) is 103 cm³/mol. The fourth-order valence-electron chi connectivity index (χ4n) is 4.80. The Balaban J connectivity index is 1.31. The van der Waals surface area contributed by atoms with Gasteiger partial charge in [-0.25, -0.2) is 0 Å². The monoisotopic (exact) mass is 392 g/mol. The molecule has 1 aliphatic carbocycles. The molecule has 1 atom stereocenters. The molecular weight excluding hydrogens is 360 g/mol. The number of piperidine rings is 1. The fourth-order valence-corrected chi connectivity index (χ4v) is 4.80. The Morgan fingerprint density at radius 3 is 2.11 bits per heavy atom. The number of carbonyl (C=O) groups is 4. The van der Waals surface area contributed by atoms with Crippen molar-refractivity contribution < 1.29 is 19.2 Å². The minimum absolute atomic E-state index is 0.000330. The minimum Gasteiger partial charge on any atom is -0.354 e. The van der Waals surface area contributed by atoms with Gasteiger partial charge in [0.25, 0.3) is 0 Å². The summed E-state index contributed by atoms with van der Waals surface area (Å²) in [6.45, 7) is 2.94. The topological polar surface area (TPSA) is 98.8 Å². The van der Waals surface area contributed by atoms with Crippen molar-refractivity contribution in [3.05, 3.63) is 0 Å². The van der Waals surface area contributed by atoms with E-state index in [2.05, 4.69) is 10.6 Å². The third-order valence-electron chi connectivity index (χ3n) is 6.86. The van der Waals surface area contributed by atoms with Crippen LogP contribution in [0.4, 0.5) is 0 Å². The number of amides is 4. The molecule has 0 aromatic carbocycles. The van der Waals surface area contributed by atoms with E-state index in [-0.39, 0.29) is 36.0 Å². The van der Waals surface area contributed by atoms with Crippen molar-refractivity contribution in [2.24, 2.45) is 17.3 Å². The lowest BCUT2D eigenvalue weighted by Gasteiger charge is -2.44. The maximum Gasteiger partial charge on any atom is 0.225 e. The zero-order valence-corrected chi connectivity index (χ0v) is 16.7. The summed E-state index contributed by atoms with van der Waals surface area (Å²) in [5.41, 5.74) is 0.316. The van der Waals surface area contributed by atoms with E-state index in [1.807, 2.05) is 4.90 Å². The molecule has 1 spiro atoms. The van der Waals surface area contributed by atoms with Gasteiger partial charge in [-0.05, 0) is 43.9 Å². The zero-order chi connectivity index (χ0) is 20.1. The molecule has 3 fully saturated rings. The standard InChI is InChI=1S/C20H32N4O4/c1-23-13-16(12-17(23)26)19(28)22-9-8-21-18(27)15-2-4-20(5-3-15)6-10-24(14-25)11-7-20/h14-16H,2-13H2,1H3,(H,21,27)(H,22,28).